The van der Waals surface area contributed by atoms with Crippen molar-refractivity contribution in [1.82, 2.24) is 9.62 Å². The van der Waals surface area contributed by atoms with Gasteiger partial charge in [-0.1, -0.05) is 53.5 Å². The average molecular weight is 441 g/mol. The molecule has 2 aromatic rings. The number of hydrogen-bond donors (Lipinski definition) is 1. The fraction of sp³-hybridized carbons (Fsp3) is 0.350. The molecule has 0 aliphatic carbocycles. The number of piperidine rings is 1. The lowest BCUT2D eigenvalue weighted by atomic mass is 9.96. The second kappa shape index (κ2) is 8.82. The highest BCUT2D eigenvalue weighted by Crippen LogP contribution is 2.30. The molecule has 150 valence electrons. The summed E-state index contributed by atoms with van der Waals surface area (Å²) in [5.74, 6) is -0.262. The molecule has 0 unspecified atom stereocenters. The first kappa shape index (κ1) is 21.1. The predicted octanol–water partition coefficient (Wildman–Crippen LogP) is 4.27. The Morgan fingerprint density at radius 1 is 1.11 bits per heavy atom. The van der Waals surface area contributed by atoms with Crippen LogP contribution in [0.1, 0.15) is 31.4 Å². The molecule has 1 fully saturated rings. The monoisotopic (exact) mass is 440 g/mol. The minimum Gasteiger partial charge on any atom is -0.349 e. The van der Waals surface area contributed by atoms with Crippen molar-refractivity contribution < 1.29 is 13.2 Å². The Kier molecular flexibility index (Phi) is 6.65. The molecule has 5 nitrogen and oxygen atoms in total. The van der Waals surface area contributed by atoms with Crippen LogP contribution in [0.5, 0.6) is 0 Å². The lowest BCUT2D eigenvalue weighted by Gasteiger charge is -2.31. The Hall–Kier alpha value is -1.60. The van der Waals surface area contributed by atoms with E-state index in [1.54, 1.807) is 6.07 Å². The lowest BCUT2D eigenvalue weighted by molar-refractivity contribution is -0.126. The van der Waals surface area contributed by atoms with Gasteiger partial charge >= 0.3 is 0 Å². The summed E-state index contributed by atoms with van der Waals surface area (Å²) in [6.45, 7) is 2.47. The van der Waals surface area contributed by atoms with Gasteiger partial charge in [-0.2, -0.15) is 4.31 Å². The molecule has 0 bridgehead atoms. The van der Waals surface area contributed by atoms with Crippen molar-refractivity contribution in [2.75, 3.05) is 13.1 Å². The largest absolute Gasteiger partial charge is 0.349 e. The van der Waals surface area contributed by atoms with Crippen molar-refractivity contribution in [3.8, 4) is 0 Å². The van der Waals surface area contributed by atoms with E-state index < -0.39 is 10.0 Å². The number of rotatable bonds is 5. The van der Waals surface area contributed by atoms with Gasteiger partial charge < -0.3 is 5.32 Å². The molecule has 1 saturated heterocycles. The average Bonchev–Trinajstić information content (AvgIpc) is 2.70. The number of carbonyl (C=O) groups is 1. The van der Waals surface area contributed by atoms with Crippen LogP contribution in [-0.2, 0) is 14.8 Å². The maximum atomic E-state index is 12.9. The van der Waals surface area contributed by atoms with Gasteiger partial charge in [-0.3, -0.25) is 4.79 Å². The Bertz CT molecular complexity index is 943. The van der Waals surface area contributed by atoms with Crippen LogP contribution in [-0.4, -0.2) is 31.7 Å². The summed E-state index contributed by atoms with van der Waals surface area (Å²) in [5.41, 5.74) is 1.03. The Morgan fingerprint density at radius 3 is 2.39 bits per heavy atom. The summed E-state index contributed by atoms with van der Waals surface area (Å²) in [7, 11) is -3.75. The van der Waals surface area contributed by atoms with Crippen LogP contribution in [0.3, 0.4) is 0 Å². The van der Waals surface area contributed by atoms with E-state index in [4.69, 9.17) is 23.2 Å². The summed E-state index contributed by atoms with van der Waals surface area (Å²) in [5, 5.41) is 3.47. The molecule has 1 heterocycles. The first-order valence-electron chi connectivity index (χ1n) is 9.09. The van der Waals surface area contributed by atoms with Gasteiger partial charge in [0.2, 0.25) is 15.9 Å². The SMILES string of the molecule is C[C@H](NC(=O)C1CCN(S(=O)(=O)c2cc(Cl)ccc2Cl)CC1)c1ccccc1. The number of amides is 1. The Balaban J connectivity index is 1.62. The Morgan fingerprint density at radius 2 is 1.75 bits per heavy atom. The molecule has 1 atom stereocenters. The number of benzene rings is 2. The standard InChI is InChI=1S/C20H22Cl2N2O3S/c1-14(15-5-3-2-4-6-15)23-20(25)16-9-11-24(12-10-16)28(26,27)19-13-17(21)7-8-18(19)22/h2-8,13-14,16H,9-12H2,1H3,(H,23,25)/t14-/m0/s1. The summed E-state index contributed by atoms with van der Waals surface area (Å²) >= 11 is 12.0. The van der Waals surface area contributed by atoms with Gasteiger partial charge in [0.05, 0.1) is 11.1 Å². The summed E-state index contributed by atoms with van der Waals surface area (Å²) in [6.07, 6.45) is 0.926. The zero-order chi connectivity index (χ0) is 20.3. The fourth-order valence-electron chi connectivity index (χ4n) is 3.33. The van der Waals surface area contributed by atoms with E-state index in [-0.39, 0.29) is 40.9 Å². The highest BCUT2D eigenvalue weighted by Gasteiger charge is 2.33. The van der Waals surface area contributed by atoms with Gasteiger partial charge in [-0.05, 0) is 43.5 Å². The molecule has 0 saturated carbocycles. The lowest BCUT2D eigenvalue weighted by Crippen LogP contribution is -2.43. The third kappa shape index (κ3) is 4.69. The molecule has 0 aromatic heterocycles. The number of carbonyl (C=O) groups excluding carboxylic acids is 1. The van der Waals surface area contributed by atoms with E-state index in [2.05, 4.69) is 5.32 Å². The number of sulfonamides is 1. The van der Waals surface area contributed by atoms with Crippen molar-refractivity contribution in [3.63, 3.8) is 0 Å². The first-order chi connectivity index (χ1) is 13.3. The van der Waals surface area contributed by atoms with Crippen molar-refractivity contribution in [2.45, 2.75) is 30.7 Å². The smallest absolute Gasteiger partial charge is 0.244 e. The first-order valence-corrected chi connectivity index (χ1v) is 11.3. The topological polar surface area (TPSA) is 66.5 Å². The maximum Gasteiger partial charge on any atom is 0.244 e. The third-order valence-electron chi connectivity index (χ3n) is 4.99. The molecule has 0 spiro atoms. The van der Waals surface area contributed by atoms with Crippen molar-refractivity contribution in [2.24, 2.45) is 5.92 Å². The zero-order valence-electron chi connectivity index (χ0n) is 15.4. The maximum absolute atomic E-state index is 12.9. The molecule has 8 heteroatoms. The summed E-state index contributed by atoms with van der Waals surface area (Å²) in [6, 6.07) is 14.0. The predicted molar refractivity (Wildman–Crippen MR) is 111 cm³/mol. The van der Waals surface area contributed by atoms with Gasteiger partial charge in [0.15, 0.2) is 0 Å². The van der Waals surface area contributed by atoms with Crippen LogP contribution < -0.4 is 5.32 Å². The molecule has 2 aromatic carbocycles. The van der Waals surface area contributed by atoms with Crippen molar-refractivity contribution in [1.29, 1.82) is 0 Å². The minimum atomic E-state index is -3.75. The highest BCUT2D eigenvalue weighted by atomic mass is 35.5. The van der Waals surface area contributed by atoms with Crippen molar-refractivity contribution >= 4 is 39.1 Å². The van der Waals surface area contributed by atoms with Crippen LogP contribution in [0.4, 0.5) is 0 Å². The molecule has 1 aliphatic rings. The van der Waals surface area contributed by atoms with Gasteiger partial charge in [0, 0.05) is 24.0 Å². The zero-order valence-corrected chi connectivity index (χ0v) is 17.8. The summed E-state index contributed by atoms with van der Waals surface area (Å²) in [4.78, 5) is 12.6. The molecule has 1 aliphatic heterocycles. The van der Waals surface area contributed by atoms with E-state index >= 15 is 0 Å². The molecular formula is C20H22Cl2N2O3S. The number of hydrogen-bond acceptors (Lipinski definition) is 3. The van der Waals surface area contributed by atoms with Crippen LogP contribution in [0.2, 0.25) is 10.0 Å². The van der Waals surface area contributed by atoms with Gasteiger partial charge in [0.1, 0.15) is 4.90 Å². The minimum absolute atomic E-state index is 0.00210. The van der Waals surface area contributed by atoms with E-state index in [9.17, 15) is 13.2 Å². The number of halogens is 2. The second-order valence-corrected chi connectivity index (χ2v) is 9.64. The number of nitrogens with zero attached hydrogens (tertiary/aromatic N) is 1. The van der Waals surface area contributed by atoms with Gasteiger partial charge in [-0.15, -0.1) is 0 Å². The third-order valence-corrected chi connectivity index (χ3v) is 7.61. The van der Waals surface area contributed by atoms with E-state index in [0.29, 0.717) is 17.9 Å². The molecule has 0 radical (unpaired) electrons. The summed E-state index contributed by atoms with van der Waals surface area (Å²) < 4.78 is 27.1. The highest BCUT2D eigenvalue weighted by molar-refractivity contribution is 7.89. The van der Waals surface area contributed by atoms with Crippen molar-refractivity contribution in [3.05, 3.63) is 64.1 Å². The molecule has 28 heavy (non-hydrogen) atoms. The van der Waals surface area contributed by atoms with Crippen LogP contribution in [0.15, 0.2) is 53.4 Å². The van der Waals surface area contributed by atoms with Gasteiger partial charge in [-0.25, -0.2) is 8.42 Å². The van der Waals surface area contributed by atoms with Gasteiger partial charge in [0.25, 0.3) is 0 Å². The molecular weight excluding hydrogens is 419 g/mol. The van der Waals surface area contributed by atoms with E-state index in [1.807, 2.05) is 37.3 Å². The van der Waals surface area contributed by atoms with Crippen LogP contribution in [0.25, 0.3) is 0 Å². The van der Waals surface area contributed by atoms with Crippen LogP contribution >= 0.6 is 23.2 Å². The van der Waals surface area contributed by atoms with E-state index in [1.165, 1.54) is 16.4 Å². The molecule has 3 rings (SSSR count). The quantitative estimate of drug-likeness (QED) is 0.754. The Labute approximate surface area is 175 Å². The molecule has 1 N–H and O–H groups in total. The second-order valence-electron chi connectivity index (χ2n) is 6.89. The normalized spacial score (nSPS) is 17.2. The molecule has 1 amide bonds. The number of nitrogens with one attached hydrogen (secondary N) is 1. The van der Waals surface area contributed by atoms with E-state index in [0.717, 1.165) is 5.56 Å². The van der Waals surface area contributed by atoms with Crippen LogP contribution in [0, 0.1) is 5.92 Å². The fourth-order valence-corrected chi connectivity index (χ4v) is 5.54.